The predicted octanol–water partition coefficient (Wildman–Crippen LogP) is 4.96. The van der Waals surface area contributed by atoms with Gasteiger partial charge in [-0.15, -0.1) is 0 Å². The second kappa shape index (κ2) is 6.28. The largest absolute Gasteiger partial charge is 0.486 e. The molecular weight excluding hydrogens is 236 g/mol. The van der Waals surface area contributed by atoms with E-state index < -0.39 is 0 Å². The molecule has 1 aromatic carbocycles. The molecule has 0 fully saturated rings. The Kier molecular flexibility index (Phi) is 4.45. The zero-order valence-electron chi connectivity index (χ0n) is 11.7. The fourth-order valence-corrected chi connectivity index (χ4v) is 2.36. The summed E-state index contributed by atoms with van der Waals surface area (Å²) in [4.78, 5) is 0. The smallest absolute Gasteiger partial charge is 0.181 e. The third-order valence-electron chi connectivity index (χ3n) is 3.14. The quantitative estimate of drug-likeness (QED) is 0.693. The molecule has 2 nitrogen and oxygen atoms in total. The van der Waals surface area contributed by atoms with E-state index in [1.54, 1.807) is 12.5 Å². The number of hydrogen-bond acceptors (Lipinski definition) is 2. The van der Waals surface area contributed by atoms with Gasteiger partial charge in [0.1, 0.15) is 0 Å². The van der Waals surface area contributed by atoms with E-state index in [0.29, 0.717) is 0 Å². The van der Waals surface area contributed by atoms with Crippen LogP contribution in [0.25, 0.3) is 5.57 Å². The topological polar surface area (TPSA) is 18.5 Å². The molecule has 0 saturated carbocycles. The highest BCUT2D eigenvalue weighted by Crippen LogP contribution is 2.44. The lowest BCUT2D eigenvalue weighted by Gasteiger charge is -2.15. The maximum atomic E-state index is 5.82. The minimum Gasteiger partial charge on any atom is -0.486 e. The van der Waals surface area contributed by atoms with E-state index in [1.165, 1.54) is 16.7 Å². The summed E-state index contributed by atoms with van der Waals surface area (Å²) in [6, 6.07) is 8.33. The van der Waals surface area contributed by atoms with Crippen molar-refractivity contribution in [2.75, 3.05) is 0 Å². The van der Waals surface area contributed by atoms with Gasteiger partial charge in [-0.3, -0.25) is 0 Å². The second-order valence-electron chi connectivity index (χ2n) is 4.36. The molecule has 0 bridgehead atoms. The van der Waals surface area contributed by atoms with Gasteiger partial charge in [0.2, 0.25) is 0 Å². The van der Waals surface area contributed by atoms with Crippen LogP contribution in [-0.2, 0) is 9.47 Å². The van der Waals surface area contributed by atoms with Gasteiger partial charge in [0, 0.05) is 11.1 Å². The van der Waals surface area contributed by atoms with Crippen LogP contribution in [0.3, 0.4) is 0 Å². The Morgan fingerprint density at radius 1 is 1.11 bits per heavy atom. The van der Waals surface area contributed by atoms with Crippen LogP contribution in [0.1, 0.15) is 44.4 Å². The summed E-state index contributed by atoms with van der Waals surface area (Å²) in [6.07, 6.45) is 8.00. The van der Waals surface area contributed by atoms with Crippen molar-refractivity contribution in [3.63, 3.8) is 0 Å². The van der Waals surface area contributed by atoms with Gasteiger partial charge >= 0.3 is 0 Å². The number of benzene rings is 1. The van der Waals surface area contributed by atoms with Crippen molar-refractivity contribution in [3.05, 3.63) is 65.8 Å². The molecule has 0 heterocycles. The molecule has 100 valence electrons. The second-order valence-corrected chi connectivity index (χ2v) is 4.36. The zero-order chi connectivity index (χ0) is 13.7. The lowest BCUT2D eigenvalue weighted by atomic mass is 10.0. The molecule has 1 aliphatic rings. The Hall–Kier alpha value is -1.96. The Balaban J connectivity index is 2.44. The summed E-state index contributed by atoms with van der Waals surface area (Å²) in [6.45, 7) is 6.02. The van der Waals surface area contributed by atoms with Gasteiger partial charge in [-0.2, -0.15) is 0 Å². The summed E-state index contributed by atoms with van der Waals surface area (Å²) >= 11 is 0. The van der Waals surface area contributed by atoms with Crippen molar-refractivity contribution >= 4 is 5.57 Å². The lowest BCUT2D eigenvalue weighted by molar-refractivity contribution is 0.127. The molecule has 0 spiro atoms. The Bertz CT molecular complexity index is 524. The van der Waals surface area contributed by atoms with Crippen molar-refractivity contribution in [1.82, 2.24) is 0 Å². The average Bonchev–Trinajstić information content (AvgIpc) is 2.75. The van der Waals surface area contributed by atoms with Crippen LogP contribution in [0.4, 0.5) is 0 Å². The van der Waals surface area contributed by atoms with Gasteiger partial charge in [-0.05, 0) is 25.8 Å². The number of allylic oxidation sites excluding steroid dienone is 3. The van der Waals surface area contributed by atoms with Crippen molar-refractivity contribution in [1.29, 1.82) is 0 Å². The molecule has 1 unspecified atom stereocenters. The Labute approximate surface area is 115 Å². The predicted molar refractivity (Wildman–Crippen MR) is 78.2 cm³/mol. The van der Waals surface area contributed by atoms with E-state index in [-0.39, 0.29) is 6.10 Å². The van der Waals surface area contributed by atoms with E-state index in [9.17, 15) is 0 Å². The molecule has 1 aromatic rings. The summed E-state index contributed by atoms with van der Waals surface area (Å²) in [5, 5.41) is 0. The molecule has 0 N–H and O–H groups in total. The van der Waals surface area contributed by atoms with Crippen molar-refractivity contribution in [3.8, 4) is 0 Å². The van der Waals surface area contributed by atoms with Gasteiger partial charge in [0.15, 0.2) is 11.9 Å². The van der Waals surface area contributed by atoms with Crippen LogP contribution >= 0.6 is 0 Å². The molecule has 19 heavy (non-hydrogen) atoms. The third kappa shape index (κ3) is 2.58. The van der Waals surface area contributed by atoms with E-state index in [1.807, 2.05) is 32.1 Å². The highest BCUT2D eigenvalue weighted by molar-refractivity contribution is 5.76. The summed E-state index contributed by atoms with van der Waals surface area (Å²) in [5.41, 5.74) is 3.64. The van der Waals surface area contributed by atoms with Crippen LogP contribution < -0.4 is 0 Å². The molecule has 1 aliphatic carbocycles. The average molecular weight is 256 g/mol. The first kappa shape index (κ1) is 13.5. The summed E-state index contributed by atoms with van der Waals surface area (Å²) < 4.78 is 11.6. The van der Waals surface area contributed by atoms with Crippen molar-refractivity contribution < 1.29 is 9.47 Å². The molecule has 0 aromatic heterocycles. The standard InChI is InChI=1S/C17H20O2/c1-4-11-18-16-13(6-3)14-9-7-8-10-15(14)17(16)19-12-5-2/h4-5,7-12,17H,6H2,1-3H3. The van der Waals surface area contributed by atoms with E-state index in [2.05, 4.69) is 25.1 Å². The van der Waals surface area contributed by atoms with Crippen LogP contribution in [0.2, 0.25) is 0 Å². The minimum absolute atomic E-state index is 0.140. The maximum Gasteiger partial charge on any atom is 0.181 e. The lowest BCUT2D eigenvalue weighted by Crippen LogP contribution is -2.02. The van der Waals surface area contributed by atoms with Gasteiger partial charge in [-0.25, -0.2) is 0 Å². The highest BCUT2D eigenvalue weighted by atomic mass is 16.5. The first-order valence-electron chi connectivity index (χ1n) is 6.70. The van der Waals surface area contributed by atoms with Crippen LogP contribution in [-0.4, -0.2) is 0 Å². The first-order valence-corrected chi connectivity index (χ1v) is 6.70. The monoisotopic (exact) mass is 256 g/mol. The van der Waals surface area contributed by atoms with Gasteiger partial charge < -0.3 is 9.47 Å². The molecule has 0 radical (unpaired) electrons. The number of ether oxygens (including phenoxy) is 2. The SMILES string of the molecule is CC=COC1=C(CC)c2ccccc2C1OC=CC. The van der Waals surface area contributed by atoms with Gasteiger partial charge in [0.25, 0.3) is 0 Å². The zero-order valence-corrected chi connectivity index (χ0v) is 11.7. The minimum atomic E-state index is -0.140. The molecule has 0 aliphatic heterocycles. The molecule has 2 heteroatoms. The first-order chi connectivity index (χ1) is 9.33. The van der Waals surface area contributed by atoms with Crippen LogP contribution in [0, 0.1) is 0 Å². The van der Waals surface area contributed by atoms with E-state index >= 15 is 0 Å². The highest BCUT2D eigenvalue weighted by Gasteiger charge is 2.32. The molecular formula is C17H20O2. The number of rotatable bonds is 5. The van der Waals surface area contributed by atoms with E-state index in [0.717, 1.165) is 12.2 Å². The molecule has 2 rings (SSSR count). The van der Waals surface area contributed by atoms with Gasteiger partial charge in [0.05, 0.1) is 12.5 Å². The Morgan fingerprint density at radius 2 is 1.84 bits per heavy atom. The maximum absolute atomic E-state index is 5.82. The number of fused-ring (bicyclic) bond motifs is 1. The van der Waals surface area contributed by atoms with Crippen molar-refractivity contribution in [2.45, 2.75) is 33.3 Å². The normalized spacial score (nSPS) is 18.4. The van der Waals surface area contributed by atoms with Crippen molar-refractivity contribution in [2.24, 2.45) is 0 Å². The van der Waals surface area contributed by atoms with Crippen LogP contribution in [0.5, 0.6) is 0 Å². The fourth-order valence-electron chi connectivity index (χ4n) is 2.36. The third-order valence-corrected chi connectivity index (χ3v) is 3.14. The fraction of sp³-hybridized carbons (Fsp3) is 0.294. The summed E-state index contributed by atoms with van der Waals surface area (Å²) in [7, 11) is 0. The van der Waals surface area contributed by atoms with Crippen LogP contribution in [0.15, 0.2) is 54.7 Å². The van der Waals surface area contributed by atoms with Gasteiger partial charge in [-0.1, -0.05) is 43.3 Å². The summed E-state index contributed by atoms with van der Waals surface area (Å²) in [5.74, 6) is 0.903. The molecule has 0 saturated heterocycles. The molecule has 0 amide bonds. The van der Waals surface area contributed by atoms with E-state index in [4.69, 9.17) is 9.47 Å². The Morgan fingerprint density at radius 3 is 2.53 bits per heavy atom. The molecule has 1 atom stereocenters. The number of hydrogen-bond donors (Lipinski definition) is 0.